The van der Waals surface area contributed by atoms with Gasteiger partial charge in [-0.05, 0) is 25.5 Å². The van der Waals surface area contributed by atoms with Gasteiger partial charge in [0.1, 0.15) is 0 Å². The number of rotatable bonds is 3. The van der Waals surface area contributed by atoms with Crippen LogP contribution in [0, 0.1) is 6.92 Å². The largest absolute Gasteiger partial charge is 0.464 e. The number of pyridine rings is 1. The molecule has 14 heavy (non-hydrogen) atoms. The predicted molar refractivity (Wildman–Crippen MR) is 50.6 cm³/mol. The van der Waals surface area contributed by atoms with Crippen LogP contribution >= 0.6 is 0 Å². The Bertz CT molecular complexity index is 325. The van der Waals surface area contributed by atoms with Gasteiger partial charge in [0.25, 0.3) is 0 Å². The molecule has 0 bridgehead atoms. The molecule has 0 aliphatic carbocycles. The lowest BCUT2D eigenvalue weighted by Crippen LogP contribution is -2.17. The molecule has 0 fully saturated rings. The van der Waals surface area contributed by atoms with Crippen molar-refractivity contribution >= 4 is 5.97 Å². The minimum Gasteiger partial charge on any atom is -0.464 e. The van der Waals surface area contributed by atoms with E-state index in [1.54, 1.807) is 26.0 Å². The summed E-state index contributed by atoms with van der Waals surface area (Å²) in [5.74, 6) is -0.658. The van der Waals surface area contributed by atoms with E-state index in [0.717, 1.165) is 5.56 Å². The Balaban J connectivity index is 2.84. The van der Waals surface area contributed by atoms with Crippen LogP contribution in [0.2, 0.25) is 0 Å². The summed E-state index contributed by atoms with van der Waals surface area (Å²) in [7, 11) is 0. The molecule has 0 saturated carbocycles. The van der Waals surface area contributed by atoms with Crippen molar-refractivity contribution in [1.29, 1.82) is 0 Å². The Morgan fingerprint density at radius 1 is 1.71 bits per heavy atom. The number of aromatic nitrogens is 1. The number of carbonyl (C=O) groups is 1. The summed E-state index contributed by atoms with van der Waals surface area (Å²) >= 11 is 0. The third kappa shape index (κ3) is 2.29. The summed E-state index contributed by atoms with van der Waals surface area (Å²) < 4.78 is 4.68. The fourth-order valence-electron chi connectivity index (χ4n) is 1.12. The second-order valence-corrected chi connectivity index (χ2v) is 2.86. The number of hydrogen-bond donors (Lipinski definition) is 1. The van der Waals surface area contributed by atoms with Crippen molar-refractivity contribution in [2.45, 2.75) is 20.0 Å². The molecule has 4 heteroatoms. The van der Waals surface area contributed by atoms with Gasteiger partial charge in [-0.25, -0.2) is 4.79 Å². The van der Waals surface area contributed by atoms with Crippen LogP contribution in [-0.4, -0.2) is 22.7 Å². The van der Waals surface area contributed by atoms with E-state index in [-0.39, 0.29) is 6.61 Å². The van der Waals surface area contributed by atoms with E-state index in [4.69, 9.17) is 0 Å². The maximum absolute atomic E-state index is 11.2. The Morgan fingerprint density at radius 3 is 3.00 bits per heavy atom. The highest BCUT2D eigenvalue weighted by Crippen LogP contribution is 2.15. The third-order valence-electron chi connectivity index (χ3n) is 1.82. The quantitative estimate of drug-likeness (QED) is 0.730. The number of esters is 1. The molecule has 1 atom stereocenters. The minimum atomic E-state index is -1.28. The average Bonchev–Trinajstić information content (AvgIpc) is 2.18. The lowest BCUT2D eigenvalue weighted by molar-refractivity contribution is -0.153. The predicted octanol–water partition coefficient (Wildman–Crippen LogP) is 0.987. The van der Waals surface area contributed by atoms with Crippen LogP contribution in [-0.2, 0) is 9.53 Å². The van der Waals surface area contributed by atoms with Crippen LogP contribution in [0.3, 0.4) is 0 Å². The van der Waals surface area contributed by atoms with Gasteiger partial charge >= 0.3 is 5.97 Å². The maximum Gasteiger partial charge on any atom is 0.341 e. The van der Waals surface area contributed by atoms with E-state index < -0.39 is 12.1 Å². The summed E-state index contributed by atoms with van der Waals surface area (Å²) in [6, 6.07) is 3.53. The topological polar surface area (TPSA) is 59.4 Å². The first-order valence-electron chi connectivity index (χ1n) is 4.43. The first-order chi connectivity index (χ1) is 6.66. The summed E-state index contributed by atoms with van der Waals surface area (Å²) in [5, 5.41) is 9.56. The first kappa shape index (κ1) is 10.7. The molecule has 0 saturated heterocycles. The van der Waals surface area contributed by atoms with Gasteiger partial charge in [-0.2, -0.15) is 0 Å². The van der Waals surface area contributed by atoms with Crippen molar-refractivity contribution in [2.24, 2.45) is 0 Å². The number of hydrogen-bond acceptors (Lipinski definition) is 4. The monoisotopic (exact) mass is 195 g/mol. The fourth-order valence-corrected chi connectivity index (χ4v) is 1.12. The van der Waals surface area contributed by atoms with Gasteiger partial charge in [0.15, 0.2) is 6.10 Å². The Hall–Kier alpha value is -1.42. The zero-order chi connectivity index (χ0) is 10.6. The number of carbonyl (C=O) groups excluding carboxylic acids is 1. The lowest BCUT2D eigenvalue weighted by atomic mass is 10.1. The maximum atomic E-state index is 11.2. The van der Waals surface area contributed by atoms with Crippen molar-refractivity contribution in [3.05, 3.63) is 29.6 Å². The number of nitrogens with zero attached hydrogens (tertiary/aromatic N) is 1. The lowest BCUT2D eigenvalue weighted by Gasteiger charge is -2.10. The summed E-state index contributed by atoms with van der Waals surface area (Å²) in [6.45, 7) is 3.72. The van der Waals surface area contributed by atoms with Crippen molar-refractivity contribution in [1.82, 2.24) is 4.98 Å². The fraction of sp³-hybridized carbons (Fsp3) is 0.400. The molecule has 76 valence electrons. The van der Waals surface area contributed by atoms with Gasteiger partial charge in [-0.15, -0.1) is 0 Å². The van der Waals surface area contributed by atoms with Gasteiger partial charge in [0.2, 0.25) is 0 Å². The summed E-state index contributed by atoms with van der Waals surface area (Å²) in [6.07, 6.45) is 0.251. The second kappa shape index (κ2) is 4.72. The zero-order valence-electron chi connectivity index (χ0n) is 8.23. The Labute approximate surface area is 82.5 Å². The van der Waals surface area contributed by atoms with Crippen molar-refractivity contribution in [2.75, 3.05) is 6.61 Å². The second-order valence-electron chi connectivity index (χ2n) is 2.86. The molecule has 1 N–H and O–H groups in total. The molecule has 0 aliphatic rings. The van der Waals surface area contributed by atoms with E-state index in [1.165, 1.54) is 6.20 Å². The number of aliphatic hydroxyl groups excluding tert-OH is 1. The molecule has 1 aromatic rings. The molecule has 0 spiro atoms. The number of aryl methyl sites for hydroxylation is 1. The highest BCUT2D eigenvalue weighted by Gasteiger charge is 2.21. The molecule has 0 unspecified atom stereocenters. The molecule has 1 heterocycles. The van der Waals surface area contributed by atoms with Gasteiger partial charge in [0.05, 0.1) is 12.3 Å². The molecular formula is C10H13NO3. The molecule has 0 radical (unpaired) electrons. The SMILES string of the molecule is CCOC(=O)[C@H](O)c1ncccc1C. The Morgan fingerprint density at radius 2 is 2.43 bits per heavy atom. The van der Waals surface area contributed by atoms with Gasteiger partial charge in [0, 0.05) is 6.20 Å². The molecular weight excluding hydrogens is 182 g/mol. The third-order valence-corrected chi connectivity index (χ3v) is 1.82. The molecule has 0 aromatic carbocycles. The normalized spacial score (nSPS) is 12.2. The standard InChI is InChI=1S/C10H13NO3/c1-3-14-10(13)9(12)8-7(2)5-4-6-11-8/h4-6,9,12H,3H2,1-2H3/t9-/m1/s1. The first-order valence-corrected chi connectivity index (χ1v) is 4.43. The van der Waals surface area contributed by atoms with Gasteiger partial charge in [-0.1, -0.05) is 6.07 Å². The van der Waals surface area contributed by atoms with Crippen LogP contribution in [0.4, 0.5) is 0 Å². The van der Waals surface area contributed by atoms with Crippen LogP contribution in [0.5, 0.6) is 0 Å². The molecule has 1 rings (SSSR count). The van der Waals surface area contributed by atoms with E-state index in [9.17, 15) is 9.90 Å². The van der Waals surface area contributed by atoms with Gasteiger partial charge in [-0.3, -0.25) is 4.98 Å². The molecule has 1 aromatic heterocycles. The molecule has 0 aliphatic heterocycles. The van der Waals surface area contributed by atoms with Crippen LogP contribution in [0.15, 0.2) is 18.3 Å². The minimum absolute atomic E-state index is 0.252. The summed E-state index contributed by atoms with van der Waals surface area (Å²) in [5.41, 5.74) is 1.12. The summed E-state index contributed by atoms with van der Waals surface area (Å²) in [4.78, 5) is 15.1. The van der Waals surface area contributed by atoms with E-state index in [2.05, 4.69) is 9.72 Å². The van der Waals surface area contributed by atoms with Crippen LogP contribution in [0.25, 0.3) is 0 Å². The highest BCUT2D eigenvalue weighted by molar-refractivity contribution is 5.76. The number of aliphatic hydroxyl groups is 1. The molecule has 0 amide bonds. The van der Waals surface area contributed by atoms with Crippen molar-refractivity contribution in [3.8, 4) is 0 Å². The smallest absolute Gasteiger partial charge is 0.341 e. The zero-order valence-corrected chi connectivity index (χ0v) is 8.23. The highest BCUT2D eigenvalue weighted by atomic mass is 16.5. The van der Waals surface area contributed by atoms with E-state index in [0.29, 0.717) is 5.69 Å². The van der Waals surface area contributed by atoms with Crippen LogP contribution < -0.4 is 0 Å². The van der Waals surface area contributed by atoms with E-state index in [1.807, 2.05) is 0 Å². The number of ether oxygens (including phenoxy) is 1. The van der Waals surface area contributed by atoms with Gasteiger partial charge < -0.3 is 9.84 Å². The Kier molecular flexibility index (Phi) is 3.59. The van der Waals surface area contributed by atoms with Crippen molar-refractivity contribution < 1.29 is 14.6 Å². The average molecular weight is 195 g/mol. The van der Waals surface area contributed by atoms with E-state index >= 15 is 0 Å². The molecule has 4 nitrogen and oxygen atoms in total. The van der Waals surface area contributed by atoms with Crippen molar-refractivity contribution in [3.63, 3.8) is 0 Å². The van der Waals surface area contributed by atoms with Crippen LogP contribution in [0.1, 0.15) is 24.3 Å².